The summed E-state index contributed by atoms with van der Waals surface area (Å²) in [5.41, 5.74) is 0. The Labute approximate surface area is 293 Å². The average Bonchev–Trinajstić information content (AvgIpc) is 3.10. The molecule has 0 atom stereocenters. The first kappa shape index (κ1) is 33.4. The molecule has 0 nitrogen and oxygen atoms in total. The van der Waals surface area contributed by atoms with E-state index in [0.29, 0.717) is 0 Å². The van der Waals surface area contributed by atoms with Gasteiger partial charge >= 0.3 is 275 Å². The smallest absolute Gasteiger partial charge is 0 e. The van der Waals surface area contributed by atoms with Crippen molar-refractivity contribution >= 4 is 89.4 Å². The van der Waals surface area contributed by atoms with Gasteiger partial charge in [-0.25, -0.2) is 0 Å². The summed E-state index contributed by atoms with van der Waals surface area (Å²) in [6.45, 7) is 0. The zero-order valence-corrected chi connectivity index (χ0v) is 29.9. The van der Waals surface area contributed by atoms with Gasteiger partial charge in [-0.1, -0.05) is 0 Å². The molecular formula is C37H30Cl4P2Pd. The predicted molar refractivity (Wildman–Crippen MR) is 196 cm³/mol. The van der Waals surface area contributed by atoms with Crippen molar-refractivity contribution in [2.75, 3.05) is 0 Å². The number of benzene rings is 6. The average molecular weight is 785 g/mol. The molecule has 0 bridgehead atoms. The molecule has 0 aliphatic heterocycles. The van der Waals surface area contributed by atoms with Gasteiger partial charge in [0.05, 0.1) is 0 Å². The van der Waals surface area contributed by atoms with Crippen LogP contribution in [0.3, 0.4) is 0 Å². The second kappa shape index (κ2) is 12.7. The fourth-order valence-corrected chi connectivity index (χ4v) is 28.0. The van der Waals surface area contributed by atoms with E-state index in [4.69, 9.17) is 45.7 Å². The molecule has 0 aliphatic carbocycles. The van der Waals surface area contributed by atoms with E-state index in [1.165, 1.54) is 0 Å². The van der Waals surface area contributed by atoms with Crippen molar-refractivity contribution in [3.05, 3.63) is 182 Å². The molecule has 6 rings (SSSR count). The number of hydrogen-bond donors (Lipinski definition) is 0. The van der Waals surface area contributed by atoms with Gasteiger partial charge in [0.15, 0.2) is 0 Å². The van der Waals surface area contributed by atoms with Crippen molar-refractivity contribution in [1.29, 1.82) is 0 Å². The molecule has 0 amide bonds. The van der Waals surface area contributed by atoms with E-state index >= 15 is 0 Å². The van der Waals surface area contributed by atoms with Crippen molar-refractivity contribution in [3.63, 3.8) is 0 Å². The molecule has 7 heteroatoms. The molecule has 226 valence electrons. The Morgan fingerprint density at radius 2 is 0.432 bits per heavy atom. The third kappa shape index (κ3) is 4.37. The van der Waals surface area contributed by atoms with Crippen molar-refractivity contribution in [2.24, 2.45) is 0 Å². The van der Waals surface area contributed by atoms with Crippen LogP contribution in [-0.4, -0.2) is 3.82 Å². The topological polar surface area (TPSA) is 0 Å². The predicted octanol–water partition coefficient (Wildman–Crippen LogP) is 9.44. The molecule has 0 fully saturated rings. The summed E-state index contributed by atoms with van der Waals surface area (Å²) in [6, 6.07) is 60.3. The Kier molecular flexibility index (Phi) is 9.60. The molecule has 44 heavy (non-hydrogen) atoms. The molecule has 0 saturated carbocycles. The largest absolute Gasteiger partial charge is 0 e. The first-order valence-electron chi connectivity index (χ1n) is 14.0. The van der Waals surface area contributed by atoms with Crippen molar-refractivity contribution in [3.8, 4) is 0 Å². The summed E-state index contributed by atoms with van der Waals surface area (Å²) in [6.07, 6.45) is 0. The summed E-state index contributed by atoms with van der Waals surface area (Å²) < 4.78 is -1.84. The zero-order chi connectivity index (χ0) is 30.1. The van der Waals surface area contributed by atoms with Crippen LogP contribution in [-0.2, 0) is 20.4 Å². The number of rotatable bonds is 8. The van der Waals surface area contributed by atoms with E-state index in [1.807, 2.05) is 182 Å². The second-order valence-electron chi connectivity index (χ2n) is 10.5. The molecule has 0 unspecified atom stereocenters. The van der Waals surface area contributed by atoms with Crippen LogP contribution < -0.4 is 31.8 Å². The summed E-state index contributed by atoms with van der Waals surface area (Å²) in [4.78, 5) is 0. The molecule has 0 heterocycles. The van der Waals surface area contributed by atoms with E-state index in [2.05, 4.69) is 0 Å². The van der Waals surface area contributed by atoms with Gasteiger partial charge in [0.1, 0.15) is 0 Å². The van der Waals surface area contributed by atoms with Gasteiger partial charge in [-0.2, -0.15) is 0 Å². The van der Waals surface area contributed by atoms with E-state index in [0.717, 1.165) is 31.8 Å². The Bertz CT molecular complexity index is 1490. The van der Waals surface area contributed by atoms with E-state index < -0.39 is 15.7 Å². The third-order valence-corrected chi connectivity index (χ3v) is 31.3. The Balaban J connectivity index is 0.00000384. The number of hydrogen-bond acceptors (Lipinski definition) is 0. The maximum absolute atomic E-state index is 8.80. The van der Waals surface area contributed by atoms with Crippen LogP contribution in [0.4, 0.5) is 0 Å². The van der Waals surface area contributed by atoms with Gasteiger partial charge in [0.25, 0.3) is 0 Å². The quantitative estimate of drug-likeness (QED) is 0.0821. The van der Waals surface area contributed by atoms with Crippen LogP contribution in [0.25, 0.3) is 0 Å². The summed E-state index contributed by atoms with van der Waals surface area (Å²) >= 11 is 34.6. The van der Waals surface area contributed by atoms with Crippen molar-refractivity contribution in [2.45, 2.75) is 3.82 Å². The minimum absolute atomic E-state index is 0. The van der Waals surface area contributed by atoms with Crippen molar-refractivity contribution < 1.29 is 20.4 Å². The maximum atomic E-state index is 8.80. The minimum atomic E-state index is -4.53. The number of halogens is 4. The first-order valence-corrected chi connectivity index (χ1v) is 21.0. The van der Waals surface area contributed by atoms with Gasteiger partial charge < -0.3 is 0 Å². The second-order valence-corrected chi connectivity index (χ2v) is 25.8. The van der Waals surface area contributed by atoms with E-state index in [1.54, 1.807) is 0 Å². The molecule has 0 spiro atoms. The van der Waals surface area contributed by atoms with Gasteiger partial charge in [-0.05, 0) is 0 Å². The SMILES string of the molecule is ClC(Cl)(P(Cl)(c1ccccc1)(c1ccccc1)c1ccccc1)P(Cl)(c1ccccc1)(c1ccccc1)c1ccccc1.[Pd]. The molecular weight excluding hydrogens is 755 g/mol. The first-order chi connectivity index (χ1) is 20.8. The summed E-state index contributed by atoms with van der Waals surface area (Å²) in [5.74, 6) is -9.06. The number of alkyl halides is 2. The molecule has 0 aromatic heterocycles. The van der Waals surface area contributed by atoms with Crippen molar-refractivity contribution in [1.82, 2.24) is 0 Å². The normalized spacial score (nSPS) is 13.8. The van der Waals surface area contributed by atoms with Crippen LogP contribution in [0.15, 0.2) is 182 Å². The van der Waals surface area contributed by atoms with Crippen LogP contribution >= 0.6 is 57.6 Å². The molecule has 0 aliphatic rings. The van der Waals surface area contributed by atoms with Gasteiger partial charge in [0, 0.05) is 20.4 Å². The molecule has 6 aromatic carbocycles. The Hall–Kier alpha value is -2.00. The van der Waals surface area contributed by atoms with Crippen LogP contribution in [0, 0.1) is 0 Å². The molecule has 6 aromatic rings. The Morgan fingerprint density at radius 3 is 0.568 bits per heavy atom. The monoisotopic (exact) mass is 782 g/mol. The zero-order valence-electron chi connectivity index (χ0n) is 23.5. The fourth-order valence-electron chi connectivity index (χ4n) is 6.43. The van der Waals surface area contributed by atoms with E-state index in [9.17, 15) is 0 Å². The Morgan fingerprint density at radius 1 is 0.295 bits per heavy atom. The molecule has 0 N–H and O–H groups in total. The molecule has 0 radical (unpaired) electrons. The fraction of sp³-hybridized carbons (Fsp3) is 0.0270. The maximum Gasteiger partial charge on any atom is 0 e. The van der Waals surface area contributed by atoms with Crippen LogP contribution in [0.2, 0.25) is 0 Å². The van der Waals surface area contributed by atoms with Gasteiger partial charge in [-0.3, -0.25) is 0 Å². The van der Waals surface area contributed by atoms with Crippen LogP contribution in [0.5, 0.6) is 0 Å². The molecule has 0 saturated heterocycles. The summed E-state index contributed by atoms with van der Waals surface area (Å²) in [7, 11) is 0. The van der Waals surface area contributed by atoms with Gasteiger partial charge in [-0.15, -0.1) is 0 Å². The van der Waals surface area contributed by atoms with Crippen LogP contribution in [0.1, 0.15) is 0 Å². The summed E-state index contributed by atoms with van der Waals surface area (Å²) in [5, 5.41) is 4.97. The van der Waals surface area contributed by atoms with Gasteiger partial charge in [0.2, 0.25) is 0 Å². The minimum Gasteiger partial charge on any atom is 0 e. The third-order valence-electron chi connectivity index (χ3n) is 8.46. The standard InChI is InChI=1S/C37H30Cl4P2.Pd/c38-37(39,42(40,31-19-7-1-8-20-31,32-21-9-2-10-22-32)33-23-11-3-12-24-33)43(41,34-25-13-4-14-26-34,35-27-15-5-16-28-35)36-29-17-6-18-30-36;/h1-30H;. The van der Waals surface area contributed by atoms with E-state index in [-0.39, 0.29) is 20.4 Å².